The molecule has 2 bridgehead atoms. The molecule has 1 fully saturated rings. The van der Waals surface area contributed by atoms with E-state index in [0.717, 1.165) is 31.6 Å². The van der Waals surface area contributed by atoms with Crippen LogP contribution in [0.2, 0.25) is 0 Å². The van der Waals surface area contributed by atoms with E-state index >= 15 is 0 Å². The molecule has 2 nitrogen and oxygen atoms in total. The van der Waals surface area contributed by atoms with Gasteiger partial charge in [-0.3, -0.25) is 4.79 Å². The molecule has 0 saturated heterocycles. The van der Waals surface area contributed by atoms with Crippen LogP contribution in [0.5, 0.6) is 0 Å². The Morgan fingerprint density at radius 3 is 2.62 bits per heavy atom. The van der Waals surface area contributed by atoms with Crippen molar-refractivity contribution in [2.24, 2.45) is 23.2 Å². The van der Waals surface area contributed by atoms with Crippen LogP contribution in [0, 0.1) is 23.2 Å². The number of rotatable bonds is 13. The van der Waals surface area contributed by atoms with Gasteiger partial charge in [-0.2, -0.15) is 0 Å². The zero-order chi connectivity index (χ0) is 18.8. The van der Waals surface area contributed by atoms with Gasteiger partial charge in [0.25, 0.3) is 0 Å². The summed E-state index contributed by atoms with van der Waals surface area (Å²) in [5, 5.41) is 0. The Balaban J connectivity index is 1.81. The van der Waals surface area contributed by atoms with Gasteiger partial charge in [0.1, 0.15) is 0 Å². The number of ether oxygens (including phenoxy) is 1. The van der Waals surface area contributed by atoms with Crippen LogP contribution in [0.1, 0.15) is 90.9 Å². The number of allylic oxidation sites excluding steroid dienone is 4. The molecule has 2 rings (SSSR count). The molecule has 0 spiro atoms. The van der Waals surface area contributed by atoms with Crippen LogP contribution < -0.4 is 0 Å². The first-order chi connectivity index (χ1) is 12.6. The van der Waals surface area contributed by atoms with Gasteiger partial charge in [-0.25, -0.2) is 0 Å². The number of hydrogen-bond donors (Lipinski definition) is 0. The highest BCUT2D eigenvalue weighted by atomic mass is 16.5. The molecule has 0 aromatic carbocycles. The van der Waals surface area contributed by atoms with E-state index in [1.54, 1.807) is 0 Å². The second kappa shape index (κ2) is 10.9. The lowest BCUT2D eigenvalue weighted by Crippen LogP contribution is -2.24. The zero-order valence-electron chi connectivity index (χ0n) is 17.3. The Bertz CT molecular complexity index is 479. The first-order valence-corrected chi connectivity index (χ1v) is 11.1. The average Bonchev–Trinajstić information content (AvgIpc) is 3.26. The Kier molecular flexibility index (Phi) is 8.95. The maximum atomic E-state index is 12.4. The maximum absolute atomic E-state index is 12.4. The van der Waals surface area contributed by atoms with E-state index in [1.165, 1.54) is 58.5 Å². The van der Waals surface area contributed by atoms with Gasteiger partial charge in [-0.05, 0) is 55.8 Å². The van der Waals surface area contributed by atoms with Gasteiger partial charge in [0.05, 0.1) is 13.0 Å². The fraction of sp³-hybridized carbons (Fsp3) is 0.792. The molecule has 0 N–H and O–H groups in total. The molecule has 2 aliphatic carbocycles. The lowest BCUT2D eigenvalue weighted by molar-refractivity contribution is -0.147. The van der Waals surface area contributed by atoms with Gasteiger partial charge < -0.3 is 4.74 Å². The summed E-state index contributed by atoms with van der Waals surface area (Å²) in [6.45, 7) is 4.47. The van der Waals surface area contributed by atoms with E-state index in [0.29, 0.717) is 11.3 Å². The van der Waals surface area contributed by atoms with E-state index in [4.69, 9.17) is 4.74 Å². The van der Waals surface area contributed by atoms with Crippen molar-refractivity contribution in [3.8, 4) is 0 Å². The molecule has 0 radical (unpaired) electrons. The summed E-state index contributed by atoms with van der Waals surface area (Å²) in [5.74, 6) is 1.30. The number of hydrogen-bond acceptors (Lipinski definition) is 2. The Morgan fingerprint density at radius 2 is 2.04 bits per heavy atom. The fourth-order valence-electron chi connectivity index (χ4n) is 5.00. The lowest BCUT2D eigenvalue weighted by atomic mass is 9.82. The molecule has 26 heavy (non-hydrogen) atoms. The first kappa shape index (κ1) is 21.3. The molecular weight excluding hydrogens is 320 g/mol. The molecule has 0 aromatic rings. The van der Waals surface area contributed by atoms with Crippen LogP contribution in [0.15, 0.2) is 24.3 Å². The number of carbonyl (C=O) groups is 1. The van der Waals surface area contributed by atoms with E-state index in [9.17, 15) is 4.79 Å². The summed E-state index contributed by atoms with van der Waals surface area (Å²) < 4.78 is 5.13. The molecule has 0 amide bonds. The minimum absolute atomic E-state index is 0.0186. The normalized spacial score (nSPS) is 26.5. The molecule has 0 aliphatic heterocycles. The predicted octanol–water partition coefficient (Wildman–Crippen LogP) is 6.86. The third-order valence-corrected chi connectivity index (χ3v) is 6.76. The second-order valence-corrected chi connectivity index (χ2v) is 8.64. The van der Waals surface area contributed by atoms with E-state index in [2.05, 4.69) is 38.2 Å². The number of methoxy groups -OCH3 is 1. The van der Waals surface area contributed by atoms with Gasteiger partial charge in [0.2, 0.25) is 0 Å². The van der Waals surface area contributed by atoms with Crippen molar-refractivity contribution in [3.05, 3.63) is 24.3 Å². The molecule has 2 aliphatic rings. The SMILES string of the molecule is CCCCCCCC(CC)C(CC=CCC12C=CC(CC1)C2)C(=O)OC. The van der Waals surface area contributed by atoms with E-state index < -0.39 is 0 Å². The predicted molar refractivity (Wildman–Crippen MR) is 110 cm³/mol. The fourth-order valence-corrected chi connectivity index (χ4v) is 5.00. The largest absolute Gasteiger partial charge is 0.469 e. The summed E-state index contributed by atoms with van der Waals surface area (Å²) in [7, 11) is 1.54. The maximum Gasteiger partial charge on any atom is 0.309 e. The smallest absolute Gasteiger partial charge is 0.309 e. The molecule has 148 valence electrons. The lowest BCUT2D eigenvalue weighted by Gasteiger charge is -2.24. The number of unbranched alkanes of at least 4 members (excludes halogenated alkanes) is 4. The van der Waals surface area contributed by atoms with Crippen LogP contribution >= 0.6 is 0 Å². The topological polar surface area (TPSA) is 26.3 Å². The highest BCUT2D eigenvalue weighted by Gasteiger charge is 2.39. The monoisotopic (exact) mass is 360 g/mol. The zero-order valence-corrected chi connectivity index (χ0v) is 17.3. The van der Waals surface area contributed by atoms with Crippen LogP contribution in [-0.4, -0.2) is 13.1 Å². The van der Waals surface area contributed by atoms with Crippen LogP contribution in [0.25, 0.3) is 0 Å². The average molecular weight is 361 g/mol. The van der Waals surface area contributed by atoms with Crippen molar-refractivity contribution < 1.29 is 9.53 Å². The van der Waals surface area contributed by atoms with Crippen molar-refractivity contribution in [2.45, 2.75) is 90.9 Å². The number of fused-ring (bicyclic) bond motifs is 2. The molecule has 0 aromatic heterocycles. The highest BCUT2D eigenvalue weighted by molar-refractivity contribution is 5.72. The molecular formula is C24H40O2. The molecule has 1 saturated carbocycles. The first-order valence-electron chi connectivity index (χ1n) is 11.1. The van der Waals surface area contributed by atoms with Crippen molar-refractivity contribution in [3.63, 3.8) is 0 Å². The van der Waals surface area contributed by atoms with Crippen LogP contribution in [-0.2, 0) is 9.53 Å². The quantitative estimate of drug-likeness (QED) is 0.204. The third kappa shape index (κ3) is 5.99. The molecule has 4 unspecified atom stereocenters. The number of esters is 1. The summed E-state index contributed by atoms with van der Waals surface area (Å²) in [6.07, 6.45) is 24.2. The third-order valence-electron chi connectivity index (χ3n) is 6.76. The molecule has 4 atom stereocenters. The van der Waals surface area contributed by atoms with Gasteiger partial charge >= 0.3 is 5.97 Å². The van der Waals surface area contributed by atoms with E-state index in [1.807, 2.05) is 0 Å². The van der Waals surface area contributed by atoms with Gasteiger partial charge in [0, 0.05) is 0 Å². The Labute approximate surface area is 161 Å². The van der Waals surface area contributed by atoms with Gasteiger partial charge in [0.15, 0.2) is 0 Å². The summed E-state index contributed by atoms with van der Waals surface area (Å²) in [4.78, 5) is 12.4. The van der Waals surface area contributed by atoms with Gasteiger partial charge in [-0.1, -0.05) is 76.7 Å². The summed E-state index contributed by atoms with van der Waals surface area (Å²) in [5.41, 5.74) is 0.436. The minimum atomic E-state index is -0.0186. The minimum Gasteiger partial charge on any atom is -0.469 e. The van der Waals surface area contributed by atoms with Crippen LogP contribution in [0.4, 0.5) is 0 Å². The van der Waals surface area contributed by atoms with Crippen LogP contribution in [0.3, 0.4) is 0 Å². The van der Waals surface area contributed by atoms with E-state index in [-0.39, 0.29) is 11.9 Å². The van der Waals surface area contributed by atoms with Crippen molar-refractivity contribution in [1.82, 2.24) is 0 Å². The summed E-state index contributed by atoms with van der Waals surface area (Å²) >= 11 is 0. The van der Waals surface area contributed by atoms with Crippen molar-refractivity contribution >= 4 is 5.97 Å². The standard InChI is InChI=1S/C24H40O2/c1-4-6-7-8-9-12-21(5-2)22(23(25)26-3)13-10-11-16-24-17-14-20(19-24)15-18-24/h10-11,14,17,20-22H,4-9,12-13,15-16,18-19H2,1-3H3. The van der Waals surface area contributed by atoms with Crippen molar-refractivity contribution in [2.75, 3.05) is 7.11 Å². The second-order valence-electron chi connectivity index (χ2n) is 8.64. The molecule has 2 heteroatoms. The summed E-state index contributed by atoms with van der Waals surface area (Å²) in [6, 6.07) is 0. The highest BCUT2D eigenvalue weighted by Crippen LogP contribution is 2.51. The van der Waals surface area contributed by atoms with Gasteiger partial charge in [-0.15, -0.1) is 0 Å². The molecule has 0 heterocycles. The Morgan fingerprint density at radius 1 is 1.23 bits per heavy atom. The Hall–Kier alpha value is -1.05. The number of carbonyl (C=O) groups excluding carboxylic acids is 1. The van der Waals surface area contributed by atoms with Crippen molar-refractivity contribution in [1.29, 1.82) is 0 Å².